The zero-order valence-electron chi connectivity index (χ0n) is 21.1. The second kappa shape index (κ2) is 11.4. The first-order valence-electron chi connectivity index (χ1n) is 12.3. The largest absolute Gasteiger partial charge is 0.444 e. The molecule has 36 heavy (non-hydrogen) atoms. The van der Waals surface area contributed by atoms with Gasteiger partial charge in [0.05, 0.1) is 19.3 Å². The maximum atomic E-state index is 13.1. The molecule has 8 nitrogen and oxygen atoms in total. The Morgan fingerprint density at radius 2 is 1.86 bits per heavy atom. The minimum Gasteiger partial charge on any atom is -0.444 e. The smallest absolute Gasteiger partial charge is 0.408 e. The predicted octanol–water partition coefficient (Wildman–Crippen LogP) is 3.99. The van der Waals surface area contributed by atoms with Crippen LogP contribution in [-0.4, -0.2) is 66.3 Å². The Morgan fingerprint density at radius 3 is 2.64 bits per heavy atom. The van der Waals surface area contributed by atoms with Gasteiger partial charge in [-0.15, -0.1) is 0 Å². The normalized spacial score (nSPS) is 16.1. The lowest BCUT2D eigenvalue weighted by Crippen LogP contribution is -2.58. The molecule has 1 saturated heterocycles. The molecule has 0 saturated carbocycles. The number of amides is 2. The Kier molecular flexibility index (Phi) is 8.05. The minimum absolute atomic E-state index is 0.121. The quantitative estimate of drug-likeness (QED) is 0.539. The monoisotopic (exact) mass is 490 g/mol. The fourth-order valence-corrected chi connectivity index (χ4v) is 4.38. The number of nitrogens with one attached hydrogen (secondary N) is 1. The van der Waals surface area contributed by atoms with Gasteiger partial charge < -0.3 is 24.6 Å². The summed E-state index contributed by atoms with van der Waals surface area (Å²) in [7, 11) is 0. The third-order valence-corrected chi connectivity index (χ3v) is 6.01. The summed E-state index contributed by atoms with van der Waals surface area (Å²) in [5, 5.41) is 4.80. The molecule has 0 spiro atoms. The molecule has 2 heterocycles. The van der Waals surface area contributed by atoms with Crippen LogP contribution in [0.4, 0.5) is 10.5 Å². The van der Waals surface area contributed by atoms with Crippen LogP contribution in [0.2, 0.25) is 0 Å². The van der Waals surface area contributed by atoms with Crippen LogP contribution in [0.15, 0.2) is 67.0 Å². The summed E-state index contributed by atoms with van der Waals surface area (Å²) in [5.74, 6) is -0.157. The van der Waals surface area contributed by atoms with Gasteiger partial charge in [-0.3, -0.25) is 9.78 Å². The molecule has 2 aromatic carbocycles. The van der Waals surface area contributed by atoms with Gasteiger partial charge in [-0.1, -0.05) is 42.5 Å². The number of carbonyl (C=O) groups excluding carboxylic acids is 2. The molecule has 1 atom stereocenters. The van der Waals surface area contributed by atoms with Gasteiger partial charge in [0.15, 0.2) is 0 Å². The number of carbonyl (C=O) groups is 2. The molecular weight excluding hydrogens is 456 g/mol. The number of benzene rings is 2. The number of pyridine rings is 1. The number of ether oxygens (including phenoxy) is 2. The first-order chi connectivity index (χ1) is 17.3. The van der Waals surface area contributed by atoms with Crippen LogP contribution in [0.3, 0.4) is 0 Å². The van der Waals surface area contributed by atoms with Crippen LogP contribution in [0, 0.1) is 0 Å². The molecule has 1 fully saturated rings. The number of fused-ring (bicyclic) bond motifs is 1. The first-order valence-corrected chi connectivity index (χ1v) is 12.3. The molecule has 1 aliphatic heterocycles. The SMILES string of the molecule is CC(C)(C)OC(=O)NCC(=O)N1CCN(c2cccc3cnccc23)CC1COCc1ccccc1. The number of alkyl carbamates (subject to hydrolysis) is 1. The van der Waals surface area contributed by atoms with Crippen LogP contribution in [0.5, 0.6) is 0 Å². The molecule has 0 radical (unpaired) electrons. The summed E-state index contributed by atoms with van der Waals surface area (Å²) < 4.78 is 11.3. The van der Waals surface area contributed by atoms with E-state index in [0.717, 1.165) is 22.0 Å². The molecule has 190 valence electrons. The average molecular weight is 491 g/mol. The molecule has 1 N–H and O–H groups in total. The summed E-state index contributed by atoms with van der Waals surface area (Å²) in [6.45, 7) is 7.92. The molecular formula is C28H34N4O4. The molecule has 3 aromatic rings. The van der Waals surface area contributed by atoms with Crippen molar-refractivity contribution in [2.45, 2.75) is 39.0 Å². The molecule has 2 amide bonds. The van der Waals surface area contributed by atoms with Gasteiger partial charge in [0.1, 0.15) is 12.1 Å². The summed E-state index contributed by atoms with van der Waals surface area (Å²) in [4.78, 5) is 33.6. The fraction of sp³-hybridized carbons (Fsp3) is 0.393. The number of nitrogens with zero attached hydrogens (tertiary/aromatic N) is 3. The number of aromatic nitrogens is 1. The van der Waals surface area contributed by atoms with E-state index in [9.17, 15) is 9.59 Å². The van der Waals surface area contributed by atoms with Crippen molar-refractivity contribution in [2.24, 2.45) is 0 Å². The van der Waals surface area contributed by atoms with Gasteiger partial charge in [-0.2, -0.15) is 0 Å². The predicted molar refractivity (Wildman–Crippen MR) is 140 cm³/mol. The van der Waals surface area contributed by atoms with Crippen molar-refractivity contribution in [1.82, 2.24) is 15.2 Å². The molecule has 0 bridgehead atoms. The van der Waals surface area contributed by atoms with Crippen molar-refractivity contribution in [3.05, 3.63) is 72.6 Å². The maximum Gasteiger partial charge on any atom is 0.408 e. The van der Waals surface area contributed by atoms with Crippen molar-refractivity contribution >= 4 is 28.5 Å². The zero-order valence-corrected chi connectivity index (χ0v) is 21.1. The second-order valence-corrected chi connectivity index (χ2v) is 9.92. The van der Waals surface area contributed by atoms with Crippen molar-refractivity contribution < 1.29 is 19.1 Å². The number of hydrogen-bond acceptors (Lipinski definition) is 6. The van der Waals surface area contributed by atoms with E-state index in [-0.39, 0.29) is 18.5 Å². The average Bonchev–Trinajstić information content (AvgIpc) is 2.86. The number of rotatable bonds is 7. The summed E-state index contributed by atoms with van der Waals surface area (Å²) in [6, 6.07) is 18.0. The summed E-state index contributed by atoms with van der Waals surface area (Å²) in [5.41, 5.74) is 1.57. The summed E-state index contributed by atoms with van der Waals surface area (Å²) in [6.07, 6.45) is 3.06. The molecule has 1 unspecified atom stereocenters. The van der Waals surface area contributed by atoms with Crippen molar-refractivity contribution in [3.63, 3.8) is 0 Å². The minimum atomic E-state index is -0.624. The van der Waals surface area contributed by atoms with Crippen LogP contribution in [-0.2, 0) is 20.9 Å². The van der Waals surface area contributed by atoms with Gasteiger partial charge in [-0.05, 0) is 38.5 Å². The topological polar surface area (TPSA) is 84.0 Å². The fourth-order valence-electron chi connectivity index (χ4n) is 4.38. The Morgan fingerprint density at radius 1 is 1.06 bits per heavy atom. The third kappa shape index (κ3) is 6.73. The van der Waals surface area contributed by atoms with Crippen molar-refractivity contribution in [2.75, 3.05) is 37.7 Å². The van der Waals surface area contributed by atoms with Gasteiger partial charge in [-0.25, -0.2) is 4.79 Å². The lowest BCUT2D eigenvalue weighted by molar-refractivity contribution is -0.134. The van der Waals surface area contributed by atoms with Crippen LogP contribution >= 0.6 is 0 Å². The van der Waals surface area contributed by atoms with E-state index in [1.165, 1.54) is 0 Å². The first kappa shape index (κ1) is 25.4. The van der Waals surface area contributed by atoms with Gasteiger partial charge in [0.2, 0.25) is 5.91 Å². The molecule has 8 heteroatoms. The van der Waals surface area contributed by atoms with E-state index in [1.807, 2.05) is 53.6 Å². The van der Waals surface area contributed by atoms with E-state index >= 15 is 0 Å². The molecule has 1 aliphatic rings. The highest BCUT2D eigenvalue weighted by molar-refractivity contribution is 5.94. The number of anilines is 1. The van der Waals surface area contributed by atoms with E-state index in [0.29, 0.717) is 32.8 Å². The highest BCUT2D eigenvalue weighted by Crippen LogP contribution is 2.28. The number of piperazine rings is 1. The standard InChI is InChI=1S/C28H34N4O4/c1-28(2,3)36-27(34)30-17-26(33)32-15-14-31(25-11-7-10-22-16-29-13-12-24(22)25)18-23(32)20-35-19-21-8-5-4-6-9-21/h4-13,16,23H,14-15,17-20H2,1-3H3,(H,30,34). The van der Waals surface area contributed by atoms with E-state index in [1.54, 1.807) is 27.0 Å². The maximum absolute atomic E-state index is 13.1. The van der Waals surface area contributed by atoms with Crippen LogP contribution in [0.25, 0.3) is 10.8 Å². The van der Waals surface area contributed by atoms with Crippen molar-refractivity contribution in [1.29, 1.82) is 0 Å². The number of hydrogen-bond donors (Lipinski definition) is 1. The van der Waals surface area contributed by atoms with E-state index in [2.05, 4.69) is 27.3 Å². The van der Waals surface area contributed by atoms with Gasteiger partial charge in [0, 0.05) is 48.5 Å². The van der Waals surface area contributed by atoms with Crippen LogP contribution < -0.4 is 10.2 Å². The molecule has 0 aliphatic carbocycles. The Labute approximate surface area is 212 Å². The van der Waals surface area contributed by atoms with Gasteiger partial charge in [0.25, 0.3) is 0 Å². The Bertz CT molecular complexity index is 1170. The second-order valence-electron chi connectivity index (χ2n) is 9.92. The van der Waals surface area contributed by atoms with Gasteiger partial charge >= 0.3 is 6.09 Å². The van der Waals surface area contributed by atoms with Crippen molar-refractivity contribution in [3.8, 4) is 0 Å². The molecule has 4 rings (SSSR count). The Balaban J connectivity index is 1.46. The lowest BCUT2D eigenvalue weighted by atomic mass is 10.1. The highest BCUT2D eigenvalue weighted by Gasteiger charge is 2.31. The highest BCUT2D eigenvalue weighted by atomic mass is 16.6. The van der Waals surface area contributed by atoms with E-state index < -0.39 is 11.7 Å². The third-order valence-electron chi connectivity index (χ3n) is 6.01. The van der Waals surface area contributed by atoms with Crippen LogP contribution in [0.1, 0.15) is 26.3 Å². The zero-order chi connectivity index (χ0) is 25.5. The molecule has 1 aromatic heterocycles. The summed E-state index contributed by atoms with van der Waals surface area (Å²) >= 11 is 0. The Hall–Kier alpha value is -3.65. The lowest BCUT2D eigenvalue weighted by Gasteiger charge is -2.42. The van der Waals surface area contributed by atoms with E-state index in [4.69, 9.17) is 9.47 Å².